The first-order valence-corrected chi connectivity index (χ1v) is 3.63. The molecule has 0 bridgehead atoms. The highest BCUT2D eigenvalue weighted by molar-refractivity contribution is 5.71. The monoisotopic (exact) mass is 140 g/mol. The normalized spacial score (nSPS) is 25.7. The molecule has 1 aliphatic heterocycles. The van der Waals surface area contributed by atoms with Gasteiger partial charge in [-0.3, -0.25) is 4.79 Å². The van der Waals surface area contributed by atoms with Gasteiger partial charge in [0.1, 0.15) is 6.10 Å². The smallest absolute Gasteiger partial charge is 0.306 e. The van der Waals surface area contributed by atoms with Crippen molar-refractivity contribution in [3.05, 3.63) is 12.2 Å². The molecule has 1 atom stereocenters. The van der Waals surface area contributed by atoms with E-state index in [4.69, 9.17) is 4.74 Å². The molecule has 1 aliphatic rings. The largest absolute Gasteiger partial charge is 0.462 e. The van der Waals surface area contributed by atoms with Gasteiger partial charge in [0, 0.05) is 12.8 Å². The molecule has 0 aliphatic carbocycles. The molecule has 0 spiro atoms. The predicted molar refractivity (Wildman–Crippen MR) is 38.5 cm³/mol. The summed E-state index contributed by atoms with van der Waals surface area (Å²) in [5.41, 5.74) is 0. The zero-order chi connectivity index (χ0) is 7.40. The Hall–Kier alpha value is -0.790. The van der Waals surface area contributed by atoms with Gasteiger partial charge in [-0.2, -0.15) is 0 Å². The number of esters is 1. The van der Waals surface area contributed by atoms with E-state index in [-0.39, 0.29) is 12.1 Å². The third-order valence-electron chi connectivity index (χ3n) is 1.60. The molecule has 1 fully saturated rings. The van der Waals surface area contributed by atoms with Crippen LogP contribution in [0, 0.1) is 0 Å². The lowest BCUT2D eigenvalue weighted by Gasteiger charge is -2.03. The van der Waals surface area contributed by atoms with E-state index in [0.717, 1.165) is 12.8 Å². The van der Waals surface area contributed by atoms with Gasteiger partial charge in [-0.1, -0.05) is 12.2 Å². The van der Waals surface area contributed by atoms with Crippen LogP contribution in [0.3, 0.4) is 0 Å². The number of carbonyl (C=O) groups is 1. The fraction of sp³-hybridized carbons (Fsp3) is 0.625. The van der Waals surface area contributed by atoms with Crippen LogP contribution in [0.1, 0.15) is 26.2 Å². The standard InChI is InChI=1S/C8H12O2/c1-2-3-4-7-5-6-8(9)10-7/h2-3,7H,4-6H2,1H3/b3-2+/t7-/m1/s1. The lowest BCUT2D eigenvalue weighted by Crippen LogP contribution is -2.04. The van der Waals surface area contributed by atoms with Gasteiger partial charge >= 0.3 is 5.97 Å². The molecule has 0 aromatic carbocycles. The lowest BCUT2D eigenvalue weighted by atomic mass is 10.2. The van der Waals surface area contributed by atoms with Crippen molar-refractivity contribution in [3.63, 3.8) is 0 Å². The van der Waals surface area contributed by atoms with Crippen LogP contribution in [-0.2, 0) is 9.53 Å². The summed E-state index contributed by atoms with van der Waals surface area (Å²) in [6.45, 7) is 1.97. The van der Waals surface area contributed by atoms with Gasteiger partial charge in [-0.05, 0) is 13.3 Å². The maximum atomic E-state index is 10.6. The summed E-state index contributed by atoms with van der Waals surface area (Å²) < 4.78 is 4.97. The molecule has 0 aromatic rings. The number of rotatable bonds is 2. The number of ether oxygens (including phenoxy) is 1. The van der Waals surface area contributed by atoms with Gasteiger partial charge in [-0.25, -0.2) is 0 Å². The van der Waals surface area contributed by atoms with Crippen LogP contribution in [0.15, 0.2) is 12.2 Å². The van der Waals surface area contributed by atoms with Crippen molar-refractivity contribution in [2.24, 2.45) is 0 Å². The summed E-state index contributed by atoms with van der Waals surface area (Å²) in [7, 11) is 0. The molecular weight excluding hydrogens is 128 g/mol. The minimum atomic E-state index is -0.0468. The Morgan fingerprint density at radius 2 is 2.60 bits per heavy atom. The van der Waals surface area contributed by atoms with E-state index in [1.807, 2.05) is 19.1 Å². The van der Waals surface area contributed by atoms with Crippen LogP contribution >= 0.6 is 0 Å². The van der Waals surface area contributed by atoms with E-state index in [1.165, 1.54) is 0 Å². The highest BCUT2D eigenvalue weighted by Gasteiger charge is 2.21. The molecule has 2 heteroatoms. The van der Waals surface area contributed by atoms with Gasteiger partial charge in [0.2, 0.25) is 0 Å². The zero-order valence-corrected chi connectivity index (χ0v) is 6.17. The predicted octanol–water partition coefficient (Wildman–Crippen LogP) is 1.66. The second-order valence-electron chi connectivity index (χ2n) is 2.46. The van der Waals surface area contributed by atoms with Crippen LogP contribution in [-0.4, -0.2) is 12.1 Å². The van der Waals surface area contributed by atoms with E-state index < -0.39 is 0 Å². The Balaban J connectivity index is 2.24. The summed E-state index contributed by atoms with van der Waals surface area (Å²) in [4.78, 5) is 10.6. The topological polar surface area (TPSA) is 26.3 Å². The molecule has 10 heavy (non-hydrogen) atoms. The maximum Gasteiger partial charge on any atom is 0.306 e. The SMILES string of the molecule is C/C=C/C[C@@H]1CCC(=O)O1. The van der Waals surface area contributed by atoms with Gasteiger partial charge < -0.3 is 4.74 Å². The van der Waals surface area contributed by atoms with Gasteiger partial charge in [-0.15, -0.1) is 0 Å². The van der Waals surface area contributed by atoms with Crippen LogP contribution in [0.4, 0.5) is 0 Å². The Morgan fingerprint density at radius 1 is 1.80 bits per heavy atom. The highest BCUT2D eigenvalue weighted by Crippen LogP contribution is 2.16. The zero-order valence-electron chi connectivity index (χ0n) is 6.17. The molecular formula is C8H12O2. The average Bonchev–Trinajstić information content (AvgIpc) is 2.31. The highest BCUT2D eigenvalue weighted by atomic mass is 16.5. The summed E-state index contributed by atoms with van der Waals surface area (Å²) in [5.74, 6) is -0.0468. The van der Waals surface area contributed by atoms with E-state index in [2.05, 4.69) is 0 Å². The molecule has 0 radical (unpaired) electrons. The fourth-order valence-corrected chi connectivity index (χ4v) is 1.04. The minimum absolute atomic E-state index is 0.0468. The number of cyclic esters (lactones) is 1. The first-order valence-electron chi connectivity index (χ1n) is 3.63. The molecule has 2 nitrogen and oxygen atoms in total. The molecule has 0 unspecified atom stereocenters. The van der Waals surface area contributed by atoms with E-state index in [1.54, 1.807) is 0 Å². The van der Waals surface area contributed by atoms with Crippen molar-refractivity contribution >= 4 is 5.97 Å². The van der Waals surface area contributed by atoms with E-state index >= 15 is 0 Å². The second kappa shape index (κ2) is 3.40. The van der Waals surface area contributed by atoms with Crippen LogP contribution in [0.2, 0.25) is 0 Å². The average molecular weight is 140 g/mol. The molecule has 0 N–H and O–H groups in total. The first kappa shape index (κ1) is 7.32. The summed E-state index contributed by atoms with van der Waals surface area (Å²) in [6.07, 6.45) is 6.53. The van der Waals surface area contributed by atoms with Crippen molar-refractivity contribution in [3.8, 4) is 0 Å². The Kier molecular flexibility index (Phi) is 2.49. The Labute approximate surface area is 60.9 Å². The summed E-state index contributed by atoms with van der Waals surface area (Å²) in [5, 5.41) is 0. The van der Waals surface area contributed by atoms with E-state index in [0.29, 0.717) is 6.42 Å². The molecule has 0 aromatic heterocycles. The second-order valence-corrected chi connectivity index (χ2v) is 2.46. The Bertz CT molecular complexity index is 149. The van der Waals surface area contributed by atoms with Crippen LogP contribution < -0.4 is 0 Å². The van der Waals surface area contributed by atoms with Gasteiger partial charge in [0.15, 0.2) is 0 Å². The maximum absolute atomic E-state index is 10.6. The molecule has 0 amide bonds. The van der Waals surface area contributed by atoms with Crippen molar-refractivity contribution in [1.29, 1.82) is 0 Å². The minimum Gasteiger partial charge on any atom is -0.462 e. The third-order valence-corrected chi connectivity index (χ3v) is 1.60. The third kappa shape index (κ3) is 1.87. The quantitative estimate of drug-likeness (QED) is 0.430. The number of hydrogen-bond donors (Lipinski definition) is 0. The summed E-state index contributed by atoms with van der Waals surface area (Å²) >= 11 is 0. The molecule has 1 heterocycles. The molecule has 1 rings (SSSR count). The van der Waals surface area contributed by atoms with Crippen molar-refractivity contribution in [1.82, 2.24) is 0 Å². The molecule has 1 saturated heterocycles. The molecule has 56 valence electrons. The van der Waals surface area contributed by atoms with Crippen molar-refractivity contribution in [2.75, 3.05) is 0 Å². The van der Waals surface area contributed by atoms with Gasteiger partial charge in [0.25, 0.3) is 0 Å². The van der Waals surface area contributed by atoms with E-state index in [9.17, 15) is 4.79 Å². The van der Waals surface area contributed by atoms with Crippen LogP contribution in [0.5, 0.6) is 0 Å². The lowest BCUT2D eigenvalue weighted by molar-refractivity contribution is -0.141. The van der Waals surface area contributed by atoms with Crippen LogP contribution in [0.25, 0.3) is 0 Å². The number of carbonyl (C=O) groups excluding carboxylic acids is 1. The Morgan fingerprint density at radius 3 is 3.10 bits per heavy atom. The number of hydrogen-bond acceptors (Lipinski definition) is 2. The fourth-order valence-electron chi connectivity index (χ4n) is 1.04. The number of allylic oxidation sites excluding steroid dienone is 1. The van der Waals surface area contributed by atoms with Crippen molar-refractivity contribution in [2.45, 2.75) is 32.3 Å². The summed E-state index contributed by atoms with van der Waals surface area (Å²) in [6, 6.07) is 0. The van der Waals surface area contributed by atoms with Crippen molar-refractivity contribution < 1.29 is 9.53 Å². The first-order chi connectivity index (χ1) is 4.83. The van der Waals surface area contributed by atoms with Gasteiger partial charge in [0.05, 0.1) is 0 Å². The molecule has 0 saturated carbocycles.